The van der Waals surface area contributed by atoms with Gasteiger partial charge in [0.15, 0.2) is 0 Å². The van der Waals surface area contributed by atoms with E-state index in [1.165, 1.54) is 11.4 Å². The average Bonchev–Trinajstić information content (AvgIpc) is 2.70. The van der Waals surface area contributed by atoms with E-state index >= 15 is 0 Å². The van der Waals surface area contributed by atoms with Crippen molar-refractivity contribution in [2.75, 3.05) is 20.1 Å². The molecular weight excluding hydrogens is 220 g/mol. The van der Waals surface area contributed by atoms with E-state index in [1.54, 1.807) is 11.3 Å². The van der Waals surface area contributed by atoms with Crippen molar-refractivity contribution in [3.05, 3.63) is 15.6 Å². The Labute approximate surface area is 101 Å². The molecule has 0 saturated carbocycles. The molecule has 2 rings (SSSR count). The number of aliphatic hydroxyl groups is 1. The van der Waals surface area contributed by atoms with E-state index in [4.69, 9.17) is 0 Å². The molecule has 1 saturated heterocycles. The molecular formula is C12H20N2OS. The van der Waals surface area contributed by atoms with Gasteiger partial charge in [0.2, 0.25) is 0 Å². The number of hydrogen-bond acceptors (Lipinski definition) is 4. The lowest BCUT2D eigenvalue weighted by atomic mass is 10.1. The van der Waals surface area contributed by atoms with Crippen molar-refractivity contribution >= 4 is 11.3 Å². The van der Waals surface area contributed by atoms with Crippen LogP contribution in [-0.4, -0.2) is 35.1 Å². The quantitative estimate of drug-likeness (QED) is 0.860. The van der Waals surface area contributed by atoms with Crippen LogP contribution >= 0.6 is 11.3 Å². The highest BCUT2D eigenvalue weighted by Crippen LogP contribution is 2.35. The van der Waals surface area contributed by atoms with Crippen molar-refractivity contribution in [2.24, 2.45) is 0 Å². The molecule has 0 amide bonds. The van der Waals surface area contributed by atoms with Crippen LogP contribution < -0.4 is 0 Å². The number of aromatic nitrogens is 1. The van der Waals surface area contributed by atoms with Gasteiger partial charge in [0.05, 0.1) is 21.2 Å². The van der Waals surface area contributed by atoms with Crippen molar-refractivity contribution in [1.29, 1.82) is 0 Å². The molecule has 0 radical (unpaired) electrons. The lowest BCUT2D eigenvalue weighted by Gasteiger charge is -2.15. The average molecular weight is 240 g/mol. The van der Waals surface area contributed by atoms with Gasteiger partial charge in [-0.25, -0.2) is 4.98 Å². The van der Waals surface area contributed by atoms with Crippen LogP contribution in [-0.2, 0) is 5.60 Å². The molecule has 3 nitrogen and oxygen atoms in total. The first-order chi connectivity index (χ1) is 7.38. The van der Waals surface area contributed by atoms with Crippen molar-refractivity contribution in [3.63, 3.8) is 0 Å². The van der Waals surface area contributed by atoms with Gasteiger partial charge >= 0.3 is 0 Å². The topological polar surface area (TPSA) is 36.4 Å². The molecule has 2 heterocycles. The van der Waals surface area contributed by atoms with E-state index in [-0.39, 0.29) is 0 Å². The third-order valence-electron chi connectivity index (χ3n) is 3.11. The monoisotopic (exact) mass is 240 g/mol. The number of hydrogen-bond donors (Lipinski definition) is 1. The molecule has 0 aromatic carbocycles. The van der Waals surface area contributed by atoms with Gasteiger partial charge in [-0.1, -0.05) is 0 Å². The number of likely N-dealkylation sites (tertiary alicyclic amines) is 1. The third kappa shape index (κ3) is 2.29. The summed E-state index contributed by atoms with van der Waals surface area (Å²) in [5.74, 6) is 0.560. The second kappa shape index (κ2) is 4.09. The lowest BCUT2D eigenvalue weighted by Crippen LogP contribution is -2.14. The number of aryl methyl sites for hydroxylation is 1. The van der Waals surface area contributed by atoms with Gasteiger partial charge in [-0.3, -0.25) is 0 Å². The summed E-state index contributed by atoms with van der Waals surface area (Å²) < 4.78 is 0. The van der Waals surface area contributed by atoms with Gasteiger partial charge in [0.1, 0.15) is 0 Å². The van der Waals surface area contributed by atoms with Crippen molar-refractivity contribution < 1.29 is 5.11 Å². The summed E-state index contributed by atoms with van der Waals surface area (Å²) >= 11 is 1.68. The fourth-order valence-corrected chi connectivity index (χ4v) is 3.49. The zero-order chi connectivity index (χ0) is 11.9. The maximum Gasteiger partial charge on any atom is 0.0976 e. The fraction of sp³-hybridized carbons (Fsp3) is 0.750. The summed E-state index contributed by atoms with van der Waals surface area (Å²) in [6.45, 7) is 7.90. The Morgan fingerprint density at radius 1 is 1.50 bits per heavy atom. The maximum absolute atomic E-state index is 10.0. The highest BCUT2D eigenvalue weighted by Gasteiger charge is 2.28. The van der Waals surface area contributed by atoms with E-state index in [0.29, 0.717) is 5.92 Å². The third-order valence-corrected chi connectivity index (χ3v) is 4.74. The summed E-state index contributed by atoms with van der Waals surface area (Å²) in [6.07, 6.45) is 1.19. The predicted octanol–water partition coefficient (Wildman–Crippen LogP) is 2.10. The normalized spacial score (nSPS) is 22.9. The minimum absolute atomic E-state index is 0.560. The Morgan fingerprint density at radius 2 is 2.19 bits per heavy atom. The molecule has 1 unspecified atom stereocenters. The standard InChI is InChI=1S/C12H20N2OS/c1-8-10(12(2,3)15)16-11(13-8)9-5-6-14(4)7-9/h9,15H,5-7H2,1-4H3. The second-order valence-electron chi connectivity index (χ2n) is 5.27. The first kappa shape index (κ1) is 12.0. The van der Waals surface area contributed by atoms with Crippen LogP contribution in [0.2, 0.25) is 0 Å². The zero-order valence-electron chi connectivity index (χ0n) is 10.4. The Hall–Kier alpha value is -0.450. The highest BCUT2D eigenvalue weighted by molar-refractivity contribution is 7.12. The number of thiazole rings is 1. The Morgan fingerprint density at radius 3 is 2.62 bits per heavy atom. The number of likely N-dealkylation sites (N-methyl/N-ethyl adjacent to an activating group) is 1. The van der Waals surface area contributed by atoms with Gasteiger partial charge in [0.25, 0.3) is 0 Å². The van der Waals surface area contributed by atoms with Gasteiger partial charge in [-0.15, -0.1) is 11.3 Å². The molecule has 1 aromatic heterocycles. The van der Waals surface area contributed by atoms with Crippen LogP contribution in [0, 0.1) is 6.92 Å². The van der Waals surface area contributed by atoms with Crippen molar-refractivity contribution in [3.8, 4) is 0 Å². The minimum atomic E-state index is -0.759. The predicted molar refractivity (Wildman–Crippen MR) is 67.0 cm³/mol. The summed E-state index contributed by atoms with van der Waals surface area (Å²) in [5, 5.41) is 11.2. The summed E-state index contributed by atoms with van der Waals surface area (Å²) in [4.78, 5) is 7.98. The van der Waals surface area contributed by atoms with E-state index in [2.05, 4.69) is 16.9 Å². The smallest absolute Gasteiger partial charge is 0.0976 e. The second-order valence-corrected chi connectivity index (χ2v) is 6.30. The largest absolute Gasteiger partial charge is 0.385 e. The van der Waals surface area contributed by atoms with Gasteiger partial charge in [-0.05, 0) is 40.8 Å². The Bertz CT molecular complexity index is 381. The first-order valence-electron chi connectivity index (χ1n) is 5.76. The molecule has 1 aromatic rings. The lowest BCUT2D eigenvalue weighted by molar-refractivity contribution is 0.0817. The van der Waals surface area contributed by atoms with E-state index in [0.717, 1.165) is 23.7 Å². The molecule has 0 spiro atoms. The number of nitrogens with zero attached hydrogens (tertiary/aromatic N) is 2. The van der Waals surface area contributed by atoms with Crippen LogP contribution in [0.1, 0.15) is 41.8 Å². The molecule has 0 aliphatic carbocycles. The van der Waals surface area contributed by atoms with Crippen LogP contribution in [0.15, 0.2) is 0 Å². The minimum Gasteiger partial charge on any atom is -0.385 e. The number of rotatable bonds is 2. The van der Waals surface area contributed by atoms with Crippen LogP contribution in [0.5, 0.6) is 0 Å². The van der Waals surface area contributed by atoms with Crippen LogP contribution in [0.3, 0.4) is 0 Å². The van der Waals surface area contributed by atoms with E-state index in [1.807, 2.05) is 20.8 Å². The zero-order valence-corrected chi connectivity index (χ0v) is 11.3. The molecule has 1 N–H and O–H groups in total. The molecule has 4 heteroatoms. The van der Waals surface area contributed by atoms with Crippen molar-refractivity contribution in [2.45, 2.75) is 38.7 Å². The van der Waals surface area contributed by atoms with E-state index in [9.17, 15) is 5.11 Å². The molecule has 90 valence electrons. The Kier molecular flexibility index (Phi) is 3.07. The summed E-state index contributed by atoms with van der Waals surface area (Å²) in [5.41, 5.74) is 0.229. The molecule has 0 bridgehead atoms. The summed E-state index contributed by atoms with van der Waals surface area (Å²) in [7, 11) is 2.15. The molecule has 1 fully saturated rings. The van der Waals surface area contributed by atoms with E-state index < -0.39 is 5.60 Å². The molecule has 16 heavy (non-hydrogen) atoms. The van der Waals surface area contributed by atoms with Crippen LogP contribution in [0.4, 0.5) is 0 Å². The molecule has 1 aliphatic heterocycles. The molecule has 1 aliphatic rings. The highest BCUT2D eigenvalue weighted by atomic mass is 32.1. The summed E-state index contributed by atoms with van der Waals surface area (Å²) in [6, 6.07) is 0. The Balaban J connectivity index is 2.24. The van der Waals surface area contributed by atoms with Gasteiger partial charge in [0, 0.05) is 12.5 Å². The molecule has 1 atom stereocenters. The maximum atomic E-state index is 10.0. The van der Waals surface area contributed by atoms with Gasteiger partial charge < -0.3 is 10.0 Å². The fourth-order valence-electron chi connectivity index (χ4n) is 2.30. The van der Waals surface area contributed by atoms with Gasteiger partial charge in [-0.2, -0.15) is 0 Å². The van der Waals surface area contributed by atoms with Crippen molar-refractivity contribution in [1.82, 2.24) is 9.88 Å². The van der Waals surface area contributed by atoms with Crippen LogP contribution in [0.25, 0.3) is 0 Å². The first-order valence-corrected chi connectivity index (χ1v) is 6.58. The SMILES string of the molecule is Cc1nc(C2CCN(C)C2)sc1C(C)(C)O.